The maximum atomic E-state index is 2.38. The minimum atomic E-state index is -0.209. The molecule has 0 spiro atoms. The molecule has 1 atom stereocenters. The number of hydrogen-bond acceptors (Lipinski definition) is 0. The lowest BCUT2D eigenvalue weighted by atomic mass is 10.2. The van der Waals surface area contributed by atoms with E-state index in [4.69, 9.17) is 0 Å². The summed E-state index contributed by atoms with van der Waals surface area (Å²) >= 11 is 0. The third-order valence-corrected chi connectivity index (χ3v) is 7.44. The van der Waals surface area contributed by atoms with Crippen LogP contribution in [0.2, 0.25) is 0 Å². The quantitative estimate of drug-likeness (QED) is 0.548. The highest BCUT2D eigenvalue weighted by Crippen LogP contribution is 2.49. The van der Waals surface area contributed by atoms with Crippen molar-refractivity contribution in [3.05, 3.63) is 66.2 Å². The van der Waals surface area contributed by atoms with Crippen molar-refractivity contribution in [3.63, 3.8) is 0 Å². The summed E-state index contributed by atoms with van der Waals surface area (Å²) < 4.78 is 1.03. The predicted molar refractivity (Wildman–Crippen MR) is 99.9 cm³/mol. The minimum absolute atomic E-state index is 0.209. The second-order valence-electron chi connectivity index (χ2n) is 7.66. The first-order chi connectivity index (χ1) is 10.3. The predicted octanol–water partition coefficient (Wildman–Crippen LogP) is 4.83. The lowest BCUT2D eigenvalue weighted by Crippen LogP contribution is -2.42. The van der Waals surface area contributed by atoms with Gasteiger partial charge < -0.3 is 4.48 Å². The average Bonchev–Trinajstić information content (AvgIpc) is 2.45. The number of hydrogen-bond donors (Lipinski definition) is 0. The molecule has 1 unspecified atom stereocenters. The Hall–Kier alpha value is -1.17. The van der Waals surface area contributed by atoms with Crippen molar-refractivity contribution >= 4 is 13.2 Å². The first-order valence-corrected chi connectivity index (χ1v) is 9.49. The van der Waals surface area contributed by atoms with Gasteiger partial charge in [0.1, 0.15) is 12.8 Å². The molecule has 2 aromatic rings. The monoisotopic (exact) mass is 314 g/mol. The summed E-state index contributed by atoms with van der Waals surface area (Å²) in [7, 11) is 4.51. The van der Waals surface area contributed by atoms with E-state index in [2.05, 4.69) is 95.5 Å². The molecule has 0 radical (unpaired) electrons. The van der Waals surface area contributed by atoms with E-state index in [9.17, 15) is 0 Å². The van der Waals surface area contributed by atoms with E-state index in [0.29, 0.717) is 5.16 Å². The second-order valence-corrected chi connectivity index (χ2v) is 10.7. The van der Waals surface area contributed by atoms with Gasteiger partial charge in [0.05, 0.1) is 14.1 Å². The Morgan fingerprint density at radius 3 is 1.82 bits per heavy atom. The number of quaternary nitrogens is 1. The summed E-state index contributed by atoms with van der Waals surface area (Å²) in [6.45, 7) is 8.24. The zero-order chi connectivity index (χ0) is 16.2. The third kappa shape index (κ3) is 4.93. The molecule has 0 saturated carbocycles. The number of nitrogens with zero attached hydrogens (tertiary/aromatic N) is 1. The van der Waals surface area contributed by atoms with Gasteiger partial charge in [-0.1, -0.05) is 81.4 Å². The van der Waals surface area contributed by atoms with E-state index in [1.54, 1.807) is 0 Å². The van der Waals surface area contributed by atoms with Gasteiger partial charge in [0.2, 0.25) is 0 Å². The van der Waals surface area contributed by atoms with Crippen molar-refractivity contribution < 1.29 is 4.48 Å². The molecule has 1 nitrogen and oxygen atoms in total. The molecule has 0 N–H and O–H groups in total. The van der Waals surface area contributed by atoms with Crippen LogP contribution in [-0.2, 0) is 6.54 Å². The van der Waals surface area contributed by atoms with Crippen molar-refractivity contribution in [2.75, 3.05) is 20.4 Å². The van der Waals surface area contributed by atoms with E-state index >= 15 is 0 Å². The van der Waals surface area contributed by atoms with Gasteiger partial charge in [0, 0.05) is 5.56 Å². The molecule has 2 rings (SSSR count). The Balaban J connectivity index is 2.19. The fourth-order valence-corrected chi connectivity index (χ4v) is 5.56. The van der Waals surface area contributed by atoms with E-state index in [1.165, 1.54) is 17.2 Å². The number of rotatable bonds is 5. The van der Waals surface area contributed by atoms with Crippen LogP contribution in [0.25, 0.3) is 0 Å². The van der Waals surface area contributed by atoms with Crippen molar-refractivity contribution in [1.29, 1.82) is 0 Å². The van der Waals surface area contributed by atoms with Gasteiger partial charge in [-0.25, -0.2) is 0 Å². The van der Waals surface area contributed by atoms with Crippen LogP contribution in [0.15, 0.2) is 60.7 Å². The largest absolute Gasteiger partial charge is 0.321 e. The van der Waals surface area contributed by atoms with Gasteiger partial charge >= 0.3 is 0 Å². The van der Waals surface area contributed by atoms with Gasteiger partial charge in [-0.2, -0.15) is 0 Å². The van der Waals surface area contributed by atoms with Crippen LogP contribution >= 0.6 is 7.92 Å². The minimum Gasteiger partial charge on any atom is -0.321 e. The molecule has 0 heterocycles. The lowest BCUT2D eigenvalue weighted by molar-refractivity contribution is -0.892. The van der Waals surface area contributed by atoms with Gasteiger partial charge in [0.15, 0.2) is 0 Å². The van der Waals surface area contributed by atoms with Gasteiger partial charge in [-0.05, 0) is 18.4 Å². The zero-order valence-corrected chi connectivity index (χ0v) is 15.5. The van der Waals surface area contributed by atoms with E-state index < -0.39 is 0 Å². The molecule has 0 aromatic heterocycles. The zero-order valence-electron chi connectivity index (χ0n) is 14.6. The SMILES string of the molecule is CC(C)(C)P(C[N+](C)(C)Cc1ccccc1)c1ccccc1. The molecule has 2 aromatic carbocycles. The Morgan fingerprint density at radius 1 is 0.818 bits per heavy atom. The third-order valence-electron chi connectivity index (χ3n) is 3.86. The average molecular weight is 314 g/mol. The Morgan fingerprint density at radius 2 is 1.32 bits per heavy atom. The fraction of sp³-hybridized carbons (Fsp3) is 0.400. The Kier molecular flexibility index (Phi) is 5.42. The van der Waals surface area contributed by atoms with E-state index in [1.807, 2.05) is 0 Å². The molecule has 22 heavy (non-hydrogen) atoms. The van der Waals surface area contributed by atoms with Crippen molar-refractivity contribution in [2.24, 2.45) is 0 Å². The summed E-state index contributed by atoms with van der Waals surface area (Å²) in [5.41, 5.74) is 1.42. The van der Waals surface area contributed by atoms with E-state index in [0.717, 1.165) is 11.0 Å². The molecule has 2 heteroatoms. The maximum Gasteiger partial charge on any atom is 0.104 e. The molecule has 0 aliphatic rings. The normalized spacial score (nSPS) is 13.9. The van der Waals surface area contributed by atoms with Crippen LogP contribution in [0.4, 0.5) is 0 Å². The lowest BCUT2D eigenvalue weighted by Gasteiger charge is -2.39. The van der Waals surface area contributed by atoms with Crippen LogP contribution < -0.4 is 5.30 Å². The van der Waals surface area contributed by atoms with Crippen molar-refractivity contribution in [3.8, 4) is 0 Å². The topological polar surface area (TPSA) is 0 Å². The molecule has 0 fully saturated rings. The van der Waals surface area contributed by atoms with Crippen molar-refractivity contribution in [2.45, 2.75) is 32.5 Å². The second kappa shape index (κ2) is 6.94. The highest BCUT2D eigenvalue weighted by atomic mass is 31.1. The van der Waals surface area contributed by atoms with Gasteiger partial charge in [-0.3, -0.25) is 0 Å². The molecular weight excluding hydrogens is 285 g/mol. The fourth-order valence-electron chi connectivity index (χ4n) is 2.80. The smallest absolute Gasteiger partial charge is 0.104 e. The molecule has 0 amide bonds. The Bertz CT molecular complexity index is 570. The van der Waals surface area contributed by atoms with Crippen LogP contribution in [0.3, 0.4) is 0 Å². The summed E-state index contributed by atoms with van der Waals surface area (Å²) in [5, 5.41) is 1.84. The highest BCUT2D eigenvalue weighted by Gasteiger charge is 2.32. The summed E-state index contributed by atoms with van der Waals surface area (Å²) in [6.07, 6.45) is 1.21. The summed E-state index contributed by atoms with van der Waals surface area (Å²) in [4.78, 5) is 0. The van der Waals surface area contributed by atoms with Crippen LogP contribution in [0, 0.1) is 0 Å². The van der Waals surface area contributed by atoms with Crippen LogP contribution in [0.1, 0.15) is 26.3 Å². The van der Waals surface area contributed by atoms with Crippen LogP contribution in [-0.4, -0.2) is 30.0 Å². The molecule has 0 bridgehead atoms. The molecule has 118 valence electrons. The van der Waals surface area contributed by atoms with Crippen LogP contribution in [0.5, 0.6) is 0 Å². The molecule has 0 saturated heterocycles. The molecule has 0 aliphatic heterocycles. The number of benzene rings is 2. The summed E-state index contributed by atoms with van der Waals surface area (Å²) in [6, 6.07) is 21.9. The first-order valence-electron chi connectivity index (χ1n) is 7.97. The molecule has 0 aliphatic carbocycles. The standard InChI is InChI=1S/C20H29NP/c1-20(2,3)22(19-14-10-7-11-15-19)17-21(4,5)16-18-12-8-6-9-13-18/h6-15H,16-17H2,1-5H3/q+1. The summed E-state index contributed by atoms with van der Waals surface area (Å²) in [5.74, 6) is 0. The Labute approximate surface area is 137 Å². The van der Waals surface area contributed by atoms with Gasteiger partial charge in [-0.15, -0.1) is 0 Å². The molecular formula is C20H29NP+. The highest BCUT2D eigenvalue weighted by molar-refractivity contribution is 7.66. The van der Waals surface area contributed by atoms with E-state index in [-0.39, 0.29) is 7.92 Å². The maximum absolute atomic E-state index is 2.38. The van der Waals surface area contributed by atoms with Crippen molar-refractivity contribution in [1.82, 2.24) is 0 Å². The first kappa shape index (κ1) is 17.2. The van der Waals surface area contributed by atoms with Gasteiger partial charge in [0.25, 0.3) is 0 Å².